The summed E-state index contributed by atoms with van der Waals surface area (Å²) in [6.45, 7) is 8.28. The number of rotatable bonds is 6. The lowest BCUT2D eigenvalue weighted by atomic mass is 10.1. The zero-order valence-corrected chi connectivity index (χ0v) is 12.6. The van der Waals surface area contributed by atoms with E-state index >= 15 is 0 Å². The molecular weight excluding hydrogens is 286 g/mol. The Bertz CT molecular complexity index is 457. The summed E-state index contributed by atoms with van der Waals surface area (Å²) >= 11 is 0. The standard InChI is InChI=1S/C15H21F4NO/c1-9(2)14(8-20-10(3)4)21-11-5-6-13(16)12(7-11)15(17,18)19/h5-7,9-10,14,20H,8H2,1-4H3. The molecule has 1 N–H and O–H groups in total. The predicted octanol–water partition coefficient (Wildman–Crippen LogP) is 4.25. The zero-order valence-electron chi connectivity index (χ0n) is 12.6. The van der Waals surface area contributed by atoms with Gasteiger partial charge in [0.2, 0.25) is 0 Å². The van der Waals surface area contributed by atoms with Crippen LogP contribution in [0.4, 0.5) is 17.6 Å². The summed E-state index contributed by atoms with van der Waals surface area (Å²) in [4.78, 5) is 0. The molecule has 1 unspecified atom stereocenters. The van der Waals surface area contributed by atoms with Crippen molar-refractivity contribution in [3.8, 4) is 5.75 Å². The van der Waals surface area contributed by atoms with Crippen LogP contribution in [0.15, 0.2) is 18.2 Å². The molecule has 0 aliphatic rings. The number of hydrogen-bond acceptors (Lipinski definition) is 2. The summed E-state index contributed by atoms with van der Waals surface area (Å²) in [7, 11) is 0. The SMILES string of the molecule is CC(C)NCC(Oc1ccc(F)c(C(F)(F)F)c1)C(C)C. The minimum Gasteiger partial charge on any atom is -0.489 e. The normalized spacial score (nSPS) is 13.8. The second kappa shape index (κ2) is 7.11. The molecule has 0 saturated heterocycles. The van der Waals surface area contributed by atoms with Crippen LogP contribution in [0.3, 0.4) is 0 Å². The molecule has 2 nitrogen and oxygen atoms in total. The molecule has 0 aliphatic heterocycles. The number of benzene rings is 1. The maximum absolute atomic E-state index is 13.2. The molecule has 0 aromatic heterocycles. The minimum atomic E-state index is -4.73. The monoisotopic (exact) mass is 307 g/mol. The van der Waals surface area contributed by atoms with Crippen molar-refractivity contribution >= 4 is 0 Å². The first-order chi connectivity index (χ1) is 9.61. The van der Waals surface area contributed by atoms with Gasteiger partial charge in [-0.3, -0.25) is 0 Å². The van der Waals surface area contributed by atoms with Crippen LogP contribution in [0.25, 0.3) is 0 Å². The van der Waals surface area contributed by atoms with E-state index in [1.54, 1.807) is 0 Å². The topological polar surface area (TPSA) is 21.3 Å². The Kier molecular flexibility index (Phi) is 6.01. The molecule has 1 atom stereocenters. The molecule has 0 aliphatic carbocycles. The highest BCUT2D eigenvalue weighted by atomic mass is 19.4. The van der Waals surface area contributed by atoms with Gasteiger partial charge in [-0.1, -0.05) is 27.7 Å². The summed E-state index contributed by atoms with van der Waals surface area (Å²) in [5.41, 5.74) is -1.31. The van der Waals surface area contributed by atoms with E-state index in [-0.39, 0.29) is 23.8 Å². The van der Waals surface area contributed by atoms with Crippen LogP contribution in [-0.4, -0.2) is 18.7 Å². The Balaban J connectivity index is 2.89. The quantitative estimate of drug-likeness (QED) is 0.794. The lowest BCUT2D eigenvalue weighted by molar-refractivity contribution is -0.140. The fraction of sp³-hybridized carbons (Fsp3) is 0.600. The highest BCUT2D eigenvalue weighted by Crippen LogP contribution is 2.34. The Labute approximate surface area is 122 Å². The van der Waals surface area contributed by atoms with Crippen LogP contribution in [0, 0.1) is 11.7 Å². The third-order valence-electron chi connectivity index (χ3n) is 3.00. The van der Waals surface area contributed by atoms with Crippen LogP contribution in [0.5, 0.6) is 5.75 Å². The summed E-state index contributed by atoms with van der Waals surface area (Å²) in [6, 6.07) is 2.95. The van der Waals surface area contributed by atoms with E-state index in [1.165, 1.54) is 6.07 Å². The molecule has 6 heteroatoms. The van der Waals surface area contributed by atoms with Gasteiger partial charge >= 0.3 is 6.18 Å². The lowest BCUT2D eigenvalue weighted by Crippen LogP contribution is -2.38. The molecule has 120 valence electrons. The summed E-state index contributed by atoms with van der Waals surface area (Å²) in [5.74, 6) is -1.17. The second-order valence-corrected chi connectivity index (χ2v) is 5.60. The van der Waals surface area contributed by atoms with Gasteiger partial charge < -0.3 is 10.1 Å². The zero-order chi connectivity index (χ0) is 16.2. The highest BCUT2D eigenvalue weighted by molar-refractivity contribution is 5.31. The van der Waals surface area contributed by atoms with Crippen LogP contribution in [0.2, 0.25) is 0 Å². The van der Waals surface area contributed by atoms with Gasteiger partial charge in [0.15, 0.2) is 0 Å². The molecule has 1 rings (SSSR count). The van der Waals surface area contributed by atoms with Crippen molar-refractivity contribution in [2.24, 2.45) is 5.92 Å². The maximum Gasteiger partial charge on any atom is 0.419 e. The minimum absolute atomic E-state index is 0.0213. The van der Waals surface area contributed by atoms with Crippen molar-refractivity contribution in [2.75, 3.05) is 6.54 Å². The first-order valence-electron chi connectivity index (χ1n) is 6.88. The summed E-state index contributed by atoms with van der Waals surface area (Å²) < 4.78 is 56.8. The van der Waals surface area contributed by atoms with Crippen LogP contribution >= 0.6 is 0 Å². The number of alkyl halides is 3. The Morgan fingerprint density at radius 2 is 1.76 bits per heavy atom. The number of nitrogens with one attached hydrogen (secondary N) is 1. The van der Waals surface area contributed by atoms with Crippen molar-refractivity contribution in [1.29, 1.82) is 0 Å². The summed E-state index contributed by atoms with van der Waals surface area (Å²) in [5, 5.41) is 3.18. The molecule has 0 radical (unpaired) electrons. The molecule has 0 fully saturated rings. The Morgan fingerprint density at radius 3 is 2.24 bits per heavy atom. The van der Waals surface area contributed by atoms with E-state index in [9.17, 15) is 17.6 Å². The van der Waals surface area contributed by atoms with E-state index in [0.29, 0.717) is 12.6 Å². The average Bonchev–Trinajstić information content (AvgIpc) is 2.34. The fourth-order valence-electron chi connectivity index (χ4n) is 1.74. The molecule has 1 aromatic carbocycles. The van der Waals surface area contributed by atoms with Gasteiger partial charge in [-0.15, -0.1) is 0 Å². The predicted molar refractivity (Wildman–Crippen MR) is 73.8 cm³/mol. The highest BCUT2D eigenvalue weighted by Gasteiger charge is 2.34. The van der Waals surface area contributed by atoms with Crippen molar-refractivity contribution in [1.82, 2.24) is 5.32 Å². The van der Waals surface area contributed by atoms with Gasteiger partial charge in [0.25, 0.3) is 0 Å². The van der Waals surface area contributed by atoms with Gasteiger partial charge in [-0.05, 0) is 24.1 Å². The lowest BCUT2D eigenvalue weighted by Gasteiger charge is -2.24. The van der Waals surface area contributed by atoms with Crippen LogP contribution in [-0.2, 0) is 6.18 Å². The van der Waals surface area contributed by atoms with E-state index in [2.05, 4.69) is 5.32 Å². The number of hydrogen-bond donors (Lipinski definition) is 1. The fourth-order valence-corrected chi connectivity index (χ4v) is 1.74. The molecule has 0 amide bonds. The first kappa shape index (κ1) is 17.8. The molecule has 0 heterocycles. The van der Waals surface area contributed by atoms with Gasteiger partial charge in [0, 0.05) is 12.6 Å². The van der Waals surface area contributed by atoms with Gasteiger partial charge in [-0.25, -0.2) is 4.39 Å². The van der Waals surface area contributed by atoms with E-state index < -0.39 is 17.6 Å². The molecule has 0 bridgehead atoms. The molecule has 0 saturated carbocycles. The van der Waals surface area contributed by atoms with Crippen molar-refractivity contribution in [3.05, 3.63) is 29.6 Å². The second-order valence-electron chi connectivity index (χ2n) is 5.60. The third-order valence-corrected chi connectivity index (χ3v) is 3.00. The summed E-state index contributed by atoms with van der Waals surface area (Å²) in [6.07, 6.45) is -5.02. The van der Waals surface area contributed by atoms with Crippen molar-refractivity contribution < 1.29 is 22.3 Å². The largest absolute Gasteiger partial charge is 0.489 e. The van der Waals surface area contributed by atoms with Crippen LogP contribution in [0.1, 0.15) is 33.3 Å². The molecule has 21 heavy (non-hydrogen) atoms. The third kappa shape index (κ3) is 5.53. The maximum atomic E-state index is 13.2. The van der Waals surface area contributed by atoms with Crippen LogP contribution < -0.4 is 10.1 Å². The molecule has 0 spiro atoms. The van der Waals surface area contributed by atoms with Gasteiger partial charge in [-0.2, -0.15) is 13.2 Å². The molecular formula is C15H21F4NO. The van der Waals surface area contributed by atoms with Crippen molar-refractivity contribution in [2.45, 2.75) is 46.0 Å². The van der Waals surface area contributed by atoms with Gasteiger partial charge in [0.05, 0.1) is 5.56 Å². The van der Waals surface area contributed by atoms with Crippen molar-refractivity contribution in [3.63, 3.8) is 0 Å². The first-order valence-corrected chi connectivity index (χ1v) is 6.88. The Hall–Kier alpha value is -1.30. The average molecular weight is 307 g/mol. The number of halogens is 4. The number of ether oxygens (including phenoxy) is 1. The Morgan fingerprint density at radius 1 is 1.14 bits per heavy atom. The van der Waals surface area contributed by atoms with E-state index in [0.717, 1.165) is 6.07 Å². The van der Waals surface area contributed by atoms with E-state index in [4.69, 9.17) is 4.74 Å². The molecule has 1 aromatic rings. The van der Waals surface area contributed by atoms with E-state index in [1.807, 2.05) is 27.7 Å². The van der Waals surface area contributed by atoms with Gasteiger partial charge in [0.1, 0.15) is 17.7 Å². The smallest absolute Gasteiger partial charge is 0.419 e.